The molecule has 2 aliphatic heterocycles. The number of carbonyl (C=O) groups is 3. The van der Waals surface area contributed by atoms with Gasteiger partial charge in [0, 0.05) is 19.8 Å². The first-order valence-corrected chi connectivity index (χ1v) is 7.31. The van der Waals surface area contributed by atoms with E-state index in [-0.39, 0.29) is 18.6 Å². The van der Waals surface area contributed by atoms with Gasteiger partial charge in [-0.2, -0.15) is 0 Å². The lowest BCUT2D eigenvalue weighted by Gasteiger charge is -2.48. The average Bonchev–Trinajstić information content (AvgIpc) is 2.68. The molecular formula is C15H18O8. The van der Waals surface area contributed by atoms with E-state index in [0.717, 1.165) is 0 Å². The Labute approximate surface area is 132 Å². The third-order valence-electron chi connectivity index (χ3n) is 4.58. The molecule has 3 aliphatic rings. The molecule has 1 saturated carbocycles. The summed E-state index contributed by atoms with van der Waals surface area (Å²) in [6.07, 6.45) is 0.403. The van der Waals surface area contributed by atoms with E-state index < -0.39 is 35.7 Å². The van der Waals surface area contributed by atoms with Crippen LogP contribution in [0.25, 0.3) is 0 Å². The van der Waals surface area contributed by atoms with E-state index in [1.165, 1.54) is 27.2 Å². The summed E-state index contributed by atoms with van der Waals surface area (Å²) in [5.74, 6) is -2.37. The monoisotopic (exact) mass is 326 g/mol. The summed E-state index contributed by atoms with van der Waals surface area (Å²) >= 11 is 0. The van der Waals surface area contributed by atoms with E-state index in [1.54, 1.807) is 0 Å². The van der Waals surface area contributed by atoms with Gasteiger partial charge in [-0.15, -0.1) is 0 Å². The number of methoxy groups -OCH3 is 1. The van der Waals surface area contributed by atoms with Gasteiger partial charge in [-0.05, 0) is 6.42 Å². The van der Waals surface area contributed by atoms with Gasteiger partial charge in [0.05, 0.1) is 31.5 Å². The minimum Gasteiger partial charge on any atom is -0.466 e. The molecule has 8 heteroatoms. The molecule has 0 aromatic heterocycles. The summed E-state index contributed by atoms with van der Waals surface area (Å²) in [7, 11) is 1.28. The largest absolute Gasteiger partial charge is 0.466 e. The second-order valence-corrected chi connectivity index (χ2v) is 5.89. The second-order valence-electron chi connectivity index (χ2n) is 5.89. The molecule has 3 rings (SSSR count). The fourth-order valence-electron chi connectivity index (χ4n) is 3.73. The normalized spacial score (nSPS) is 37.3. The second kappa shape index (κ2) is 5.52. The molecule has 2 heterocycles. The smallest absolute Gasteiger partial charge is 0.337 e. The summed E-state index contributed by atoms with van der Waals surface area (Å²) in [6.45, 7) is 2.74. The maximum atomic E-state index is 12.0. The maximum Gasteiger partial charge on any atom is 0.337 e. The van der Waals surface area contributed by atoms with Crippen LogP contribution in [0, 0.1) is 11.8 Å². The van der Waals surface area contributed by atoms with Crippen molar-refractivity contribution in [2.75, 3.05) is 13.7 Å². The zero-order valence-corrected chi connectivity index (χ0v) is 13.1. The topological polar surface area (TPSA) is 97.4 Å². The quantitative estimate of drug-likeness (QED) is 0.539. The number of esters is 3. The molecule has 2 fully saturated rings. The summed E-state index contributed by atoms with van der Waals surface area (Å²) in [5.41, 5.74) is -0.630. The molecule has 0 amide bonds. The SMILES string of the molecule is COC(=O)C1=CO[C@@H](OC(C)=O)[C@H]2[C@@H]1CC1OCC12OC(C)=O. The van der Waals surface area contributed by atoms with Gasteiger partial charge < -0.3 is 23.7 Å². The van der Waals surface area contributed by atoms with Crippen LogP contribution in [-0.4, -0.2) is 49.6 Å². The van der Waals surface area contributed by atoms with Crippen molar-refractivity contribution >= 4 is 17.9 Å². The summed E-state index contributed by atoms with van der Waals surface area (Å²) < 4.78 is 26.5. The first-order valence-electron chi connectivity index (χ1n) is 7.31. The van der Waals surface area contributed by atoms with Crippen molar-refractivity contribution in [3.8, 4) is 0 Å². The fourth-order valence-corrected chi connectivity index (χ4v) is 3.73. The highest BCUT2D eigenvalue weighted by atomic mass is 16.7. The Morgan fingerprint density at radius 3 is 2.52 bits per heavy atom. The number of carbonyl (C=O) groups excluding carboxylic acids is 3. The van der Waals surface area contributed by atoms with Crippen LogP contribution in [0.4, 0.5) is 0 Å². The van der Waals surface area contributed by atoms with Crippen molar-refractivity contribution in [2.24, 2.45) is 11.8 Å². The molecule has 23 heavy (non-hydrogen) atoms. The highest BCUT2D eigenvalue weighted by molar-refractivity contribution is 5.89. The third-order valence-corrected chi connectivity index (χ3v) is 4.58. The fraction of sp³-hybridized carbons (Fsp3) is 0.667. The number of ether oxygens (including phenoxy) is 5. The molecule has 126 valence electrons. The first-order chi connectivity index (χ1) is 10.9. The van der Waals surface area contributed by atoms with Gasteiger partial charge in [-0.25, -0.2) is 4.79 Å². The van der Waals surface area contributed by atoms with Crippen LogP contribution in [0.1, 0.15) is 20.3 Å². The van der Waals surface area contributed by atoms with E-state index >= 15 is 0 Å². The standard InChI is InChI=1S/C15H18O8/c1-7(16)22-14-12-9(10(5-20-14)13(18)19-3)4-11-15(12,6-21-11)23-8(2)17/h5,9,11-12,14H,4,6H2,1-3H3/t9-,11?,12-,14+,15?/m1/s1. The lowest BCUT2D eigenvalue weighted by atomic mass is 9.79. The Morgan fingerprint density at radius 1 is 1.26 bits per heavy atom. The summed E-state index contributed by atoms with van der Waals surface area (Å²) in [4.78, 5) is 34.8. The molecule has 0 radical (unpaired) electrons. The average molecular weight is 326 g/mol. The number of hydrogen-bond acceptors (Lipinski definition) is 8. The van der Waals surface area contributed by atoms with E-state index in [2.05, 4.69) is 0 Å². The zero-order valence-electron chi connectivity index (χ0n) is 13.1. The molecule has 0 spiro atoms. The Balaban J connectivity index is 1.97. The lowest BCUT2D eigenvalue weighted by Crippen LogP contribution is -2.64. The van der Waals surface area contributed by atoms with Crippen molar-refractivity contribution in [1.82, 2.24) is 0 Å². The van der Waals surface area contributed by atoms with Crippen LogP contribution < -0.4 is 0 Å². The Hall–Kier alpha value is -2.09. The number of fused-ring (bicyclic) bond motifs is 3. The van der Waals surface area contributed by atoms with Gasteiger partial charge in [0.25, 0.3) is 6.29 Å². The summed E-state index contributed by atoms with van der Waals surface area (Å²) in [6, 6.07) is 0. The molecule has 0 N–H and O–H groups in total. The van der Waals surface area contributed by atoms with Crippen molar-refractivity contribution in [1.29, 1.82) is 0 Å². The molecule has 1 saturated heterocycles. The van der Waals surface area contributed by atoms with E-state index in [0.29, 0.717) is 12.0 Å². The third kappa shape index (κ3) is 2.37. The first kappa shape index (κ1) is 15.8. The van der Waals surface area contributed by atoms with Crippen LogP contribution in [0.3, 0.4) is 0 Å². The molecule has 1 aliphatic carbocycles. The van der Waals surface area contributed by atoms with Crippen molar-refractivity contribution < 1.29 is 38.1 Å². The minimum absolute atomic E-state index is 0.175. The van der Waals surface area contributed by atoms with Crippen LogP contribution in [0.2, 0.25) is 0 Å². The zero-order chi connectivity index (χ0) is 16.8. The van der Waals surface area contributed by atoms with Crippen molar-refractivity contribution in [2.45, 2.75) is 38.3 Å². The molecule has 0 bridgehead atoms. The molecular weight excluding hydrogens is 308 g/mol. The minimum atomic E-state index is -0.954. The van der Waals surface area contributed by atoms with Crippen LogP contribution in [0.5, 0.6) is 0 Å². The van der Waals surface area contributed by atoms with Crippen LogP contribution >= 0.6 is 0 Å². The van der Waals surface area contributed by atoms with Gasteiger partial charge in [-0.3, -0.25) is 9.59 Å². The van der Waals surface area contributed by atoms with Crippen molar-refractivity contribution in [3.63, 3.8) is 0 Å². The van der Waals surface area contributed by atoms with E-state index in [9.17, 15) is 14.4 Å². The maximum absolute atomic E-state index is 12.0. The predicted octanol–water partition coefficient (Wildman–Crippen LogP) is 0.299. The van der Waals surface area contributed by atoms with Crippen LogP contribution in [0.15, 0.2) is 11.8 Å². The van der Waals surface area contributed by atoms with Gasteiger partial charge in [0.2, 0.25) is 0 Å². The van der Waals surface area contributed by atoms with Crippen LogP contribution in [-0.2, 0) is 38.1 Å². The van der Waals surface area contributed by atoms with Gasteiger partial charge in [0.1, 0.15) is 6.10 Å². The highest BCUT2D eigenvalue weighted by Gasteiger charge is 2.70. The summed E-state index contributed by atoms with van der Waals surface area (Å²) in [5, 5.41) is 0. The lowest BCUT2D eigenvalue weighted by molar-refractivity contribution is -0.281. The molecule has 5 atom stereocenters. The van der Waals surface area contributed by atoms with Gasteiger partial charge in [0.15, 0.2) is 5.60 Å². The number of hydrogen-bond donors (Lipinski definition) is 0. The Morgan fingerprint density at radius 2 is 2.00 bits per heavy atom. The Bertz CT molecular complexity index is 582. The van der Waals surface area contributed by atoms with Crippen molar-refractivity contribution in [3.05, 3.63) is 11.8 Å². The van der Waals surface area contributed by atoms with E-state index in [4.69, 9.17) is 23.7 Å². The highest BCUT2D eigenvalue weighted by Crippen LogP contribution is 2.56. The molecule has 8 nitrogen and oxygen atoms in total. The molecule has 0 aromatic carbocycles. The van der Waals surface area contributed by atoms with E-state index in [1.807, 2.05) is 0 Å². The van der Waals surface area contributed by atoms with Gasteiger partial charge >= 0.3 is 17.9 Å². The predicted molar refractivity (Wildman–Crippen MR) is 72.6 cm³/mol. The number of rotatable bonds is 3. The Kier molecular flexibility index (Phi) is 3.79. The molecule has 2 unspecified atom stereocenters. The molecule has 0 aromatic rings. The van der Waals surface area contributed by atoms with Gasteiger partial charge in [-0.1, -0.05) is 0 Å².